The fraction of sp³-hybridized carbons (Fsp3) is 0.200. The van der Waals surface area contributed by atoms with Crippen LogP contribution in [0.5, 0.6) is 0 Å². The highest BCUT2D eigenvalue weighted by molar-refractivity contribution is 5.95. The Balaban J connectivity index is 1.96. The molecule has 8 heteroatoms. The van der Waals surface area contributed by atoms with Crippen LogP contribution in [-0.4, -0.2) is 25.2 Å². The molecule has 2 aromatic rings. The first kappa shape index (κ1) is 19.3. The number of carbonyl (C=O) groups excluding carboxylic acids is 2. The molecule has 3 N–H and O–H groups in total. The lowest BCUT2D eigenvalue weighted by Crippen LogP contribution is -2.47. The maximum atomic E-state index is 13.9. The number of carbonyl (C=O) groups is 2. The topological polar surface area (TPSA) is 79.5 Å². The molecule has 28 heavy (non-hydrogen) atoms. The molecule has 0 unspecified atom stereocenters. The van der Waals surface area contributed by atoms with Crippen molar-refractivity contribution < 1.29 is 23.1 Å². The summed E-state index contributed by atoms with van der Waals surface area (Å²) in [5, 5.41) is 8.06. The van der Waals surface area contributed by atoms with Gasteiger partial charge in [-0.25, -0.2) is 18.4 Å². The molecule has 1 aliphatic heterocycles. The molecule has 0 fully saturated rings. The highest BCUT2D eigenvalue weighted by atomic mass is 19.1. The number of hydrogen-bond acceptors (Lipinski definition) is 4. The molecule has 2 aromatic carbocycles. The van der Waals surface area contributed by atoms with E-state index in [-0.39, 0.29) is 30.1 Å². The highest BCUT2D eigenvalue weighted by Gasteiger charge is 2.33. The van der Waals surface area contributed by atoms with E-state index in [2.05, 4.69) is 16.0 Å². The second kappa shape index (κ2) is 8.51. The second-order valence-corrected chi connectivity index (χ2v) is 6.03. The van der Waals surface area contributed by atoms with Crippen molar-refractivity contribution in [3.05, 3.63) is 77.0 Å². The van der Waals surface area contributed by atoms with Crippen LogP contribution in [0, 0.1) is 11.6 Å². The van der Waals surface area contributed by atoms with Crippen LogP contribution < -0.4 is 16.0 Å². The molecule has 1 atom stereocenters. The zero-order valence-electron chi connectivity index (χ0n) is 15.1. The molecule has 0 saturated carbocycles. The van der Waals surface area contributed by atoms with Gasteiger partial charge in [0.1, 0.15) is 11.6 Å². The zero-order chi connectivity index (χ0) is 20.1. The molecule has 0 spiro atoms. The third-order valence-corrected chi connectivity index (χ3v) is 4.17. The van der Waals surface area contributed by atoms with Crippen LogP contribution in [-0.2, 0) is 9.53 Å². The molecular formula is C20H19F2N3O3. The average Bonchev–Trinajstić information content (AvgIpc) is 2.67. The van der Waals surface area contributed by atoms with Gasteiger partial charge in [-0.1, -0.05) is 30.3 Å². The van der Waals surface area contributed by atoms with E-state index in [1.54, 1.807) is 31.2 Å². The van der Waals surface area contributed by atoms with Gasteiger partial charge in [-0.05, 0) is 24.6 Å². The van der Waals surface area contributed by atoms with Gasteiger partial charge < -0.3 is 20.7 Å². The predicted molar refractivity (Wildman–Crippen MR) is 99.4 cm³/mol. The van der Waals surface area contributed by atoms with E-state index < -0.39 is 29.7 Å². The molecule has 0 saturated heterocycles. The third kappa shape index (κ3) is 4.28. The minimum atomic E-state index is -0.779. The number of rotatable bonds is 6. The molecule has 0 aliphatic carbocycles. The number of urea groups is 1. The molecule has 0 radical (unpaired) electrons. The van der Waals surface area contributed by atoms with E-state index in [1.807, 2.05) is 6.07 Å². The maximum absolute atomic E-state index is 13.9. The van der Waals surface area contributed by atoms with Crippen LogP contribution >= 0.6 is 0 Å². The summed E-state index contributed by atoms with van der Waals surface area (Å²) in [7, 11) is 0. The Hall–Kier alpha value is -3.42. The van der Waals surface area contributed by atoms with Crippen LogP contribution in [0.3, 0.4) is 0 Å². The molecule has 6 nitrogen and oxygen atoms in total. The summed E-state index contributed by atoms with van der Waals surface area (Å²) in [6.07, 6.45) is 0. The van der Waals surface area contributed by atoms with Gasteiger partial charge in [-0.15, -0.1) is 0 Å². The van der Waals surface area contributed by atoms with E-state index in [4.69, 9.17) is 4.74 Å². The van der Waals surface area contributed by atoms with E-state index in [0.29, 0.717) is 5.56 Å². The molecule has 0 aromatic heterocycles. The van der Waals surface area contributed by atoms with Crippen molar-refractivity contribution in [3.8, 4) is 0 Å². The van der Waals surface area contributed by atoms with E-state index >= 15 is 0 Å². The zero-order valence-corrected chi connectivity index (χ0v) is 15.1. The van der Waals surface area contributed by atoms with E-state index in [0.717, 1.165) is 12.1 Å². The summed E-state index contributed by atoms with van der Waals surface area (Å²) in [5.74, 6) is -2.08. The monoisotopic (exact) mass is 387 g/mol. The van der Waals surface area contributed by atoms with Crippen molar-refractivity contribution in [2.45, 2.75) is 13.0 Å². The number of esters is 1. The number of hydrogen-bond donors (Lipinski definition) is 3. The first-order valence-corrected chi connectivity index (χ1v) is 8.71. The van der Waals surface area contributed by atoms with Gasteiger partial charge in [-0.3, -0.25) is 0 Å². The normalized spacial score (nSPS) is 16.2. The van der Waals surface area contributed by atoms with Crippen molar-refractivity contribution in [2.24, 2.45) is 0 Å². The fourth-order valence-corrected chi connectivity index (χ4v) is 2.92. The van der Waals surface area contributed by atoms with Gasteiger partial charge in [0.05, 0.1) is 36.2 Å². The number of amides is 2. The minimum Gasteiger partial charge on any atom is -0.463 e. The standard InChI is InChI=1S/C20H19F2N3O3/c1-2-28-19(26)17-16(11-23-15-9-8-13(21)10-14(15)22)24-20(27)25-18(17)12-6-4-3-5-7-12/h3-10,18,23H,2,11H2,1H3,(H2,24,25,27)/t18-/m1/s1. The van der Waals surface area contributed by atoms with Gasteiger partial charge in [0.15, 0.2) is 0 Å². The summed E-state index contributed by atoms with van der Waals surface area (Å²) < 4.78 is 32.1. The number of halogens is 2. The molecule has 1 aliphatic rings. The van der Waals surface area contributed by atoms with Gasteiger partial charge >= 0.3 is 12.0 Å². The Morgan fingerprint density at radius 2 is 1.93 bits per heavy atom. The number of nitrogens with one attached hydrogen (secondary N) is 3. The average molecular weight is 387 g/mol. The summed E-state index contributed by atoms with van der Waals surface area (Å²) in [4.78, 5) is 24.7. The van der Waals surface area contributed by atoms with Crippen molar-refractivity contribution in [1.29, 1.82) is 0 Å². The van der Waals surface area contributed by atoms with Crippen LogP contribution in [0.25, 0.3) is 0 Å². The molecule has 146 valence electrons. The smallest absolute Gasteiger partial charge is 0.338 e. The molecule has 3 rings (SSSR count). The Bertz CT molecular complexity index is 916. The van der Waals surface area contributed by atoms with Crippen molar-refractivity contribution >= 4 is 17.7 Å². The Morgan fingerprint density at radius 3 is 2.61 bits per heavy atom. The number of ether oxygens (including phenoxy) is 1. The van der Waals surface area contributed by atoms with Gasteiger partial charge in [0.25, 0.3) is 0 Å². The fourth-order valence-electron chi connectivity index (χ4n) is 2.92. The van der Waals surface area contributed by atoms with Gasteiger partial charge in [0.2, 0.25) is 0 Å². The molecule has 1 heterocycles. The van der Waals surface area contributed by atoms with Crippen LogP contribution in [0.1, 0.15) is 18.5 Å². The van der Waals surface area contributed by atoms with Crippen LogP contribution in [0.2, 0.25) is 0 Å². The Kier molecular flexibility index (Phi) is 5.88. The van der Waals surface area contributed by atoms with E-state index in [1.165, 1.54) is 6.07 Å². The molecule has 2 amide bonds. The highest BCUT2D eigenvalue weighted by Crippen LogP contribution is 2.28. The van der Waals surface area contributed by atoms with Gasteiger partial charge in [0, 0.05) is 6.07 Å². The SMILES string of the molecule is CCOC(=O)C1=C(CNc2ccc(F)cc2F)NC(=O)N[C@@H]1c1ccccc1. The van der Waals surface area contributed by atoms with Crippen molar-refractivity contribution in [3.63, 3.8) is 0 Å². The summed E-state index contributed by atoms with van der Waals surface area (Å²) in [6.45, 7) is 1.77. The van der Waals surface area contributed by atoms with E-state index in [9.17, 15) is 18.4 Å². The third-order valence-electron chi connectivity index (χ3n) is 4.17. The van der Waals surface area contributed by atoms with Crippen LogP contribution in [0.4, 0.5) is 19.3 Å². The van der Waals surface area contributed by atoms with Crippen molar-refractivity contribution in [2.75, 3.05) is 18.5 Å². The lowest BCUT2D eigenvalue weighted by atomic mass is 9.95. The Morgan fingerprint density at radius 1 is 1.18 bits per heavy atom. The maximum Gasteiger partial charge on any atom is 0.338 e. The first-order valence-electron chi connectivity index (χ1n) is 8.71. The largest absolute Gasteiger partial charge is 0.463 e. The lowest BCUT2D eigenvalue weighted by Gasteiger charge is -2.29. The van der Waals surface area contributed by atoms with Crippen molar-refractivity contribution in [1.82, 2.24) is 10.6 Å². The number of benzene rings is 2. The Labute approximate surface area is 160 Å². The minimum absolute atomic E-state index is 0.0427. The summed E-state index contributed by atoms with van der Waals surface area (Å²) >= 11 is 0. The predicted octanol–water partition coefficient (Wildman–Crippen LogP) is 3.25. The second-order valence-electron chi connectivity index (χ2n) is 6.03. The van der Waals surface area contributed by atoms with Gasteiger partial charge in [-0.2, -0.15) is 0 Å². The molecule has 0 bridgehead atoms. The first-order chi connectivity index (χ1) is 13.5. The lowest BCUT2D eigenvalue weighted by molar-refractivity contribution is -0.139. The summed E-state index contributed by atoms with van der Waals surface area (Å²) in [5.41, 5.74) is 1.20. The van der Waals surface area contributed by atoms with Crippen LogP contribution in [0.15, 0.2) is 59.8 Å². The molecular weight excluding hydrogens is 368 g/mol. The number of anilines is 1. The quantitative estimate of drug-likeness (QED) is 0.665. The summed E-state index contributed by atoms with van der Waals surface area (Å²) in [6, 6.07) is 10.8.